The van der Waals surface area contributed by atoms with Crippen molar-refractivity contribution in [2.45, 2.75) is 27.7 Å². The third kappa shape index (κ3) is 1.89. The number of fused-ring (bicyclic) bond motifs is 1. The SMILES string of the molecule is Cc1ccc(-c2c(C)nn3cnc(C)nc23)c(C)c1. The topological polar surface area (TPSA) is 43.1 Å². The van der Waals surface area contributed by atoms with Gasteiger partial charge in [-0.15, -0.1) is 0 Å². The maximum atomic E-state index is 4.53. The van der Waals surface area contributed by atoms with E-state index in [0.717, 1.165) is 22.7 Å². The summed E-state index contributed by atoms with van der Waals surface area (Å²) in [6.45, 7) is 8.14. The molecule has 0 aliphatic carbocycles. The molecule has 96 valence electrons. The van der Waals surface area contributed by atoms with Gasteiger partial charge in [-0.05, 0) is 38.8 Å². The summed E-state index contributed by atoms with van der Waals surface area (Å²) in [5.74, 6) is 0.762. The fraction of sp³-hybridized carbons (Fsp3) is 0.267. The first-order valence-electron chi connectivity index (χ1n) is 6.32. The number of nitrogens with zero attached hydrogens (tertiary/aromatic N) is 4. The van der Waals surface area contributed by atoms with Crippen LogP contribution in [0.25, 0.3) is 16.8 Å². The zero-order valence-electron chi connectivity index (χ0n) is 11.6. The lowest BCUT2D eigenvalue weighted by Gasteiger charge is -2.06. The van der Waals surface area contributed by atoms with Gasteiger partial charge in [-0.1, -0.05) is 23.8 Å². The van der Waals surface area contributed by atoms with Crippen LogP contribution in [0.15, 0.2) is 24.5 Å². The smallest absolute Gasteiger partial charge is 0.166 e. The van der Waals surface area contributed by atoms with E-state index in [9.17, 15) is 0 Å². The average molecular weight is 252 g/mol. The molecule has 4 nitrogen and oxygen atoms in total. The molecule has 19 heavy (non-hydrogen) atoms. The van der Waals surface area contributed by atoms with Crippen LogP contribution in [-0.2, 0) is 0 Å². The molecule has 0 aliphatic heterocycles. The number of aromatic nitrogens is 4. The minimum atomic E-state index is 0.762. The summed E-state index contributed by atoms with van der Waals surface area (Å²) in [6.07, 6.45) is 1.72. The van der Waals surface area contributed by atoms with Gasteiger partial charge in [0, 0.05) is 5.56 Å². The molecule has 0 radical (unpaired) electrons. The molecular formula is C15H16N4. The number of hydrogen-bond donors (Lipinski definition) is 0. The zero-order chi connectivity index (χ0) is 13.6. The van der Waals surface area contributed by atoms with Crippen molar-refractivity contribution >= 4 is 5.65 Å². The molecule has 1 aromatic carbocycles. The first kappa shape index (κ1) is 11.8. The van der Waals surface area contributed by atoms with Gasteiger partial charge >= 0.3 is 0 Å². The molecule has 2 aromatic heterocycles. The Morgan fingerprint density at radius 2 is 1.84 bits per heavy atom. The van der Waals surface area contributed by atoms with Crippen molar-refractivity contribution < 1.29 is 0 Å². The second-order valence-corrected chi connectivity index (χ2v) is 4.95. The Hall–Kier alpha value is -2.23. The summed E-state index contributed by atoms with van der Waals surface area (Å²) in [6, 6.07) is 6.46. The van der Waals surface area contributed by atoms with Crippen LogP contribution in [0.3, 0.4) is 0 Å². The molecule has 0 amide bonds. The van der Waals surface area contributed by atoms with E-state index in [0.29, 0.717) is 0 Å². The van der Waals surface area contributed by atoms with E-state index in [1.165, 1.54) is 16.7 Å². The first-order chi connectivity index (χ1) is 9.06. The Bertz CT molecular complexity index is 771. The van der Waals surface area contributed by atoms with Crippen LogP contribution in [0, 0.1) is 27.7 Å². The van der Waals surface area contributed by atoms with Crippen LogP contribution in [0.4, 0.5) is 0 Å². The Labute approximate surface area is 112 Å². The minimum absolute atomic E-state index is 0.762. The van der Waals surface area contributed by atoms with Gasteiger partial charge in [0.15, 0.2) is 5.65 Å². The van der Waals surface area contributed by atoms with E-state index in [4.69, 9.17) is 0 Å². The predicted molar refractivity (Wildman–Crippen MR) is 75.2 cm³/mol. The normalized spacial score (nSPS) is 11.2. The van der Waals surface area contributed by atoms with Gasteiger partial charge in [-0.2, -0.15) is 5.10 Å². The summed E-state index contributed by atoms with van der Waals surface area (Å²) in [7, 11) is 0. The highest BCUT2D eigenvalue weighted by Crippen LogP contribution is 2.30. The van der Waals surface area contributed by atoms with Crippen molar-refractivity contribution in [2.24, 2.45) is 0 Å². The third-order valence-corrected chi connectivity index (χ3v) is 3.33. The van der Waals surface area contributed by atoms with E-state index in [2.05, 4.69) is 47.1 Å². The van der Waals surface area contributed by atoms with E-state index < -0.39 is 0 Å². The quantitative estimate of drug-likeness (QED) is 0.668. The molecule has 0 saturated carbocycles. The van der Waals surface area contributed by atoms with Crippen molar-refractivity contribution in [2.75, 3.05) is 0 Å². The van der Waals surface area contributed by atoms with Gasteiger partial charge in [-0.25, -0.2) is 14.5 Å². The fourth-order valence-corrected chi connectivity index (χ4v) is 2.45. The van der Waals surface area contributed by atoms with Crippen LogP contribution in [0.5, 0.6) is 0 Å². The highest BCUT2D eigenvalue weighted by Gasteiger charge is 2.15. The summed E-state index contributed by atoms with van der Waals surface area (Å²) in [4.78, 5) is 8.71. The highest BCUT2D eigenvalue weighted by molar-refractivity contribution is 5.81. The first-order valence-corrected chi connectivity index (χ1v) is 6.32. The average Bonchev–Trinajstić information content (AvgIpc) is 2.65. The molecule has 4 heteroatoms. The number of hydrogen-bond acceptors (Lipinski definition) is 3. The van der Waals surface area contributed by atoms with Gasteiger partial charge in [0.05, 0.1) is 5.69 Å². The summed E-state index contributed by atoms with van der Waals surface area (Å²) in [5.41, 5.74) is 6.65. The van der Waals surface area contributed by atoms with E-state index in [1.54, 1.807) is 10.8 Å². The van der Waals surface area contributed by atoms with Gasteiger partial charge in [0.1, 0.15) is 12.2 Å². The molecule has 0 N–H and O–H groups in total. The molecule has 0 unspecified atom stereocenters. The molecule has 0 fully saturated rings. The number of rotatable bonds is 1. The molecule has 3 aromatic rings. The molecule has 0 aliphatic rings. The number of aryl methyl sites for hydroxylation is 4. The molecular weight excluding hydrogens is 236 g/mol. The van der Waals surface area contributed by atoms with Crippen LogP contribution in [0.2, 0.25) is 0 Å². The van der Waals surface area contributed by atoms with Gasteiger partial charge in [0.25, 0.3) is 0 Å². The standard InChI is InChI=1S/C15H16N4/c1-9-5-6-13(10(2)7-9)14-11(3)18-19-8-16-12(4)17-15(14)19/h5-8H,1-4H3. The Kier molecular flexibility index (Phi) is 2.59. The molecule has 0 spiro atoms. The lowest BCUT2D eigenvalue weighted by atomic mass is 9.99. The Morgan fingerprint density at radius 3 is 2.58 bits per heavy atom. The maximum absolute atomic E-state index is 4.53. The van der Waals surface area contributed by atoms with Crippen LogP contribution in [0.1, 0.15) is 22.6 Å². The Morgan fingerprint density at radius 1 is 1.05 bits per heavy atom. The van der Waals surface area contributed by atoms with Crippen molar-refractivity contribution in [1.29, 1.82) is 0 Å². The van der Waals surface area contributed by atoms with Crippen molar-refractivity contribution in [3.63, 3.8) is 0 Å². The highest BCUT2D eigenvalue weighted by atomic mass is 15.3. The van der Waals surface area contributed by atoms with Crippen molar-refractivity contribution in [3.8, 4) is 11.1 Å². The fourth-order valence-electron chi connectivity index (χ4n) is 2.45. The van der Waals surface area contributed by atoms with Gasteiger partial charge < -0.3 is 0 Å². The second-order valence-electron chi connectivity index (χ2n) is 4.95. The van der Waals surface area contributed by atoms with Gasteiger partial charge in [-0.3, -0.25) is 0 Å². The number of benzene rings is 1. The van der Waals surface area contributed by atoms with E-state index >= 15 is 0 Å². The van der Waals surface area contributed by atoms with E-state index in [-0.39, 0.29) is 0 Å². The van der Waals surface area contributed by atoms with Crippen LogP contribution in [-0.4, -0.2) is 19.6 Å². The van der Waals surface area contributed by atoms with Crippen LogP contribution >= 0.6 is 0 Å². The molecule has 0 atom stereocenters. The maximum Gasteiger partial charge on any atom is 0.166 e. The lowest BCUT2D eigenvalue weighted by molar-refractivity contribution is 0.857. The molecule has 0 saturated heterocycles. The summed E-state index contributed by atoms with van der Waals surface area (Å²) >= 11 is 0. The summed E-state index contributed by atoms with van der Waals surface area (Å²) < 4.78 is 1.75. The minimum Gasteiger partial charge on any atom is -0.222 e. The largest absolute Gasteiger partial charge is 0.222 e. The molecule has 0 bridgehead atoms. The van der Waals surface area contributed by atoms with Crippen molar-refractivity contribution in [3.05, 3.63) is 47.2 Å². The lowest BCUT2D eigenvalue weighted by Crippen LogP contribution is -1.95. The predicted octanol–water partition coefficient (Wildman–Crippen LogP) is 3.02. The Balaban J connectivity index is 2.35. The van der Waals surface area contributed by atoms with Crippen LogP contribution < -0.4 is 0 Å². The molecule has 3 rings (SSSR count). The molecule has 2 heterocycles. The van der Waals surface area contributed by atoms with E-state index in [1.807, 2.05) is 13.8 Å². The summed E-state index contributed by atoms with van der Waals surface area (Å²) in [5, 5.41) is 4.49. The monoisotopic (exact) mass is 252 g/mol. The van der Waals surface area contributed by atoms with Crippen molar-refractivity contribution in [1.82, 2.24) is 19.6 Å². The second kappa shape index (κ2) is 4.16. The van der Waals surface area contributed by atoms with Gasteiger partial charge in [0.2, 0.25) is 0 Å². The third-order valence-electron chi connectivity index (χ3n) is 3.33. The zero-order valence-corrected chi connectivity index (χ0v) is 11.6.